The smallest absolute Gasteiger partial charge is 0.320 e. The van der Waals surface area contributed by atoms with E-state index in [2.05, 4.69) is 43.4 Å². The topological polar surface area (TPSA) is 67.6 Å². The number of hydrogen-bond acceptors (Lipinski definition) is 3. The molecule has 3 aromatic carbocycles. The standard InChI is InChI=1S/C29H37N3O2/c1-3-5-17-28(31-27(12-4-2)24-15-10-7-11-16-24)32(29(30)33)25-18-20-26(21-19-25)34-22-23-13-8-6-9-14-23/h6-11,13-16,18-21,27-28,31H,3-5,12,17,22H2,1-2H3,(H2,30,33). The van der Waals surface area contributed by atoms with E-state index in [9.17, 15) is 4.79 Å². The number of nitrogens with two attached hydrogens (primary N) is 1. The SMILES string of the molecule is CCCCC(NC(CCC)c1ccccc1)N(C(N)=O)c1ccc(OCc2ccccc2)cc1. The van der Waals surface area contributed by atoms with E-state index in [4.69, 9.17) is 10.5 Å². The molecule has 0 spiro atoms. The van der Waals surface area contributed by atoms with Crippen LogP contribution in [0.15, 0.2) is 84.9 Å². The number of nitrogens with zero attached hydrogens (tertiary/aromatic N) is 1. The number of hydrogen-bond donors (Lipinski definition) is 2. The summed E-state index contributed by atoms with van der Waals surface area (Å²) in [5, 5.41) is 3.74. The summed E-state index contributed by atoms with van der Waals surface area (Å²) >= 11 is 0. The predicted octanol–water partition coefficient (Wildman–Crippen LogP) is 6.80. The van der Waals surface area contributed by atoms with Gasteiger partial charge in [0.25, 0.3) is 0 Å². The van der Waals surface area contributed by atoms with E-state index >= 15 is 0 Å². The number of benzene rings is 3. The summed E-state index contributed by atoms with van der Waals surface area (Å²) < 4.78 is 5.92. The number of carbonyl (C=O) groups is 1. The van der Waals surface area contributed by atoms with Crippen LogP contribution in [-0.2, 0) is 6.61 Å². The molecule has 2 unspecified atom stereocenters. The molecule has 34 heavy (non-hydrogen) atoms. The van der Waals surface area contributed by atoms with Gasteiger partial charge in [-0.25, -0.2) is 4.79 Å². The molecular formula is C29H37N3O2. The molecule has 2 atom stereocenters. The number of nitrogens with one attached hydrogen (secondary N) is 1. The normalized spacial score (nSPS) is 12.6. The molecule has 180 valence electrons. The van der Waals surface area contributed by atoms with Crippen molar-refractivity contribution in [2.75, 3.05) is 4.90 Å². The van der Waals surface area contributed by atoms with Gasteiger partial charge in [0.15, 0.2) is 0 Å². The molecular weight excluding hydrogens is 422 g/mol. The van der Waals surface area contributed by atoms with E-state index in [0.717, 1.165) is 49.1 Å². The highest BCUT2D eigenvalue weighted by Gasteiger charge is 2.26. The Morgan fingerprint density at radius 2 is 1.53 bits per heavy atom. The van der Waals surface area contributed by atoms with Crippen LogP contribution in [0.1, 0.15) is 63.1 Å². The summed E-state index contributed by atoms with van der Waals surface area (Å²) in [4.78, 5) is 14.3. The van der Waals surface area contributed by atoms with Crippen LogP contribution in [-0.4, -0.2) is 12.2 Å². The summed E-state index contributed by atoms with van der Waals surface area (Å²) in [7, 11) is 0. The van der Waals surface area contributed by atoms with Gasteiger partial charge in [-0.3, -0.25) is 10.2 Å². The molecule has 0 fully saturated rings. The number of unbranched alkanes of at least 4 members (excludes halogenated alkanes) is 1. The van der Waals surface area contributed by atoms with Crippen LogP contribution in [0.2, 0.25) is 0 Å². The van der Waals surface area contributed by atoms with Crippen LogP contribution < -0.4 is 20.7 Å². The van der Waals surface area contributed by atoms with Crippen molar-refractivity contribution in [1.82, 2.24) is 5.32 Å². The molecule has 3 aromatic rings. The summed E-state index contributed by atoms with van der Waals surface area (Å²) in [6.45, 7) is 4.83. The van der Waals surface area contributed by atoms with Crippen molar-refractivity contribution in [2.45, 2.75) is 64.8 Å². The van der Waals surface area contributed by atoms with Crippen LogP contribution in [0.4, 0.5) is 10.5 Å². The van der Waals surface area contributed by atoms with E-state index < -0.39 is 6.03 Å². The zero-order valence-corrected chi connectivity index (χ0v) is 20.3. The molecule has 5 nitrogen and oxygen atoms in total. The number of urea groups is 1. The number of amides is 2. The Morgan fingerprint density at radius 3 is 2.12 bits per heavy atom. The quantitative estimate of drug-likeness (QED) is 0.276. The lowest BCUT2D eigenvalue weighted by molar-refractivity contribution is 0.247. The van der Waals surface area contributed by atoms with Crippen molar-refractivity contribution >= 4 is 11.7 Å². The first-order valence-corrected chi connectivity index (χ1v) is 12.3. The molecule has 0 heterocycles. The highest BCUT2D eigenvalue weighted by atomic mass is 16.5. The minimum absolute atomic E-state index is 0.142. The highest BCUT2D eigenvalue weighted by Crippen LogP contribution is 2.26. The molecule has 0 aliphatic carbocycles. The Morgan fingerprint density at radius 1 is 0.882 bits per heavy atom. The van der Waals surface area contributed by atoms with Gasteiger partial charge >= 0.3 is 6.03 Å². The second-order valence-electron chi connectivity index (χ2n) is 8.55. The molecule has 0 radical (unpaired) electrons. The number of anilines is 1. The van der Waals surface area contributed by atoms with Crippen molar-refractivity contribution in [3.8, 4) is 5.75 Å². The van der Waals surface area contributed by atoms with Crippen LogP contribution in [0.25, 0.3) is 0 Å². The third-order valence-electron chi connectivity index (χ3n) is 5.92. The van der Waals surface area contributed by atoms with Gasteiger partial charge in [-0.15, -0.1) is 0 Å². The van der Waals surface area contributed by atoms with Crippen LogP contribution in [0.5, 0.6) is 5.75 Å². The van der Waals surface area contributed by atoms with Gasteiger partial charge in [0, 0.05) is 11.7 Å². The van der Waals surface area contributed by atoms with Gasteiger partial charge < -0.3 is 10.5 Å². The first kappa shape index (κ1) is 25.3. The Labute approximate surface area is 203 Å². The average molecular weight is 460 g/mol. The van der Waals surface area contributed by atoms with Crippen molar-refractivity contribution in [1.29, 1.82) is 0 Å². The Bertz CT molecular complexity index is 977. The Balaban J connectivity index is 1.78. The second-order valence-corrected chi connectivity index (χ2v) is 8.55. The molecule has 5 heteroatoms. The zero-order valence-electron chi connectivity index (χ0n) is 20.3. The first-order chi connectivity index (χ1) is 16.6. The Kier molecular flexibility index (Phi) is 9.98. The summed E-state index contributed by atoms with van der Waals surface area (Å²) in [6, 6.07) is 27.7. The lowest BCUT2D eigenvalue weighted by Gasteiger charge is -2.34. The van der Waals surface area contributed by atoms with Gasteiger partial charge in [-0.05, 0) is 48.2 Å². The molecule has 0 aromatic heterocycles. The van der Waals surface area contributed by atoms with E-state index in [1.807, 2.05) is 60.7 Å². The van der Waals surface area contributed by atoms with Crippen LogP contribution in [0.3, 0.4) is 0 Å². The van der Waals surface area contributed by atoms with Gasteiger partial charge in [-0.1, -0.05) is 93.8 Å². The van der Waals surface area contributed by atoms with Gasteiger partial charge in [-0.2, -0.15) is 0 Å². The molecule has 0 saturated heterocycles. The lowest BCUT2D eigenvalue weighted by atomic mass is 10.0. The number of carbonyl (C=O) groups excluding carboxylic acids is 1. The highest BCUT2D eigenvalue weighted by molar-refractivity contribution is 5.91. The van der Waals surface area contributed by atoms with Gasteiger partial charge in [0.2, 0.25) is 0 Å². The fourth-order valence-corrected chi connectivity index (χ4v) is 4.14. The fraction of sp³-hybridized carbons (Fsp3) is 0.345. The molecule has 3 N–H and O–H groups in total. The molecule has 3 rings (SSSR count). The molecule has 0 saturated carbocycles. The first-order valence-electron chi connectivity index (χ1n) is 12.3. The third kappa shape index (κ3) is 7.35. The maximum Gasteiger partial charge on any atom is 0.320 e. The fourth-order valence-electron chi connectivity index (χ4n) is 4.14. The van der Waals surface area contributed by atoms with Crippen molar-refractivity contribution in [3.63, 3.8) is 0 Å². The molecule has 0 bridgehead atoms. The summed E-state index contributed by atoms with van der Waals surface area (Å²) in [6.07, 6.45) is 4.67. The Hall–Kier alpha value is -3.31. The van der Waals surface area contributed by atoms with Crippen LogP contribution >= 0.6 is 0 Å². The monoisotopic (exact) mass is 459 g/mol. The van der Waals surface area contributed by atoms with Crippen molar-refractivity contribution in [3.05, 3.63) is 96.1 Å². The van der Waals surface area contributed by atoms with Gasteiger partial charge in [0.05, 0.1) is 6.17 Å². The molecule has 0 aliphatic rings. The van der Waals surface area contributed by atoms with Crippen LogP contribution in [0, 0.1) is 0 Å². The number of rotatable bonds is 13. The minimum atomic E-state index is -0.463. The average Bonchev–Trinajstić information content (AvgIpc) is 2.87. The number of ether oxygens (including phenoxy) is 1. The second kappa shape index (κ2) is 13.4. The van der Waals surface area contributed by atoms with Gasteiger partial charge in [0.1, 0.15) is 12.4 Å². The molecule has 2 amide bonds. The zero-order chi connectivity index (χ0) is 24.2. The molecule has 0 aliphatic heterocycles. The third-order valence-corrected chi connectivity index (χ3v) is 5.92. The summed E-state index contributed by atoms with van der Waals surface area (Å²) in [5.41, 5.74) is 9.01. The van der Waals surface area contributed by atoms with Crippen molar-refractivity contribution < 1.29 is 9.53 Å². The van der Waals surface area contributed by atoms with Crippen molar-refractivity contribution in [2.24, 2.45) is 5.73 Å². The van der Waals surface area contributed by atoms with E-state index in [1.54, 1.807) is 4.90 Å². The maximum absolute atomic E-state index is 12.7. The minimum Gasteiger partial charge on any atom is -0.489 e. The largest absolute Gasteiger partial charge is 0.489 e. The van der Waals surface area contributed by atoms with E-state index in [-0.39, 0.29) is 12.2 Å². The van der Waals surface area contributed by atoms with E-state index in [0.29, 0.717) is 6.61 Å². The maximum atomic E-state index is 12.7. The number of primary amides is 1. The lowest BCUT2D eigenvalue weighted by Crippen LogP contribution is -2.52. The van der Waals surface area contributed by atoms with E-state index in [1.165, 1.54) is 5.56 Å². The predicted molar refractivity (Wildman–Crippen MR) is 140 cm³/mol. The summed E-state index contributed by atoms with van der Waals surface area (Å²) in [5.74, 6) is 0.753.